The summed E-state index contributed by atoms with van der Waals surface area (Å²) in [5, 5.41) is 8.35. The van der Waals surface area contributed by atoms with Crippen LogP contribution >= 0.6 is 11.3 Å². The van der Waals surface area contributed by atoms with Crippen molar-refractivity contribution in [1.29, 1.82) is 0 Å². The van der Waals surface area contributed by atoms with Gasteiger partial charge in [-0.25, -0.2) is 4.98 Å². The van der Waals surface area contributed by atoms with Crippen molar-refractivity contribution >= 4 is 40.7 Å². The van der Waals surface area contributed by atoms with Crippen molar-refractivity contribution in [3.63, 3.8) is 0 Å². The molecule has 1 aliphatic rings. The maximum absolute atomic E-state index is 13.5. The number of hydrogen-bond acceptors (Lipinski definition) is 5. The highest BCUT2D eigenvalue weighted by Gasteiger charge is 2.36. The molecule has 0 bridgehead atoms. The standard InChI is InChI=1S/C15H10BF3N4S/c16-10-5-11(13-22-23-14(20)24-13)21-12-8(10)3-7(6-1-2-6)4-9(12)15(17,18)19/h3-6H,1-2H2,(H2,20,23). The number of nitrogen functional groups attached to an aromatic ring is 1. The van der Waals surface area contributed by atoms with Crippen molar-refractivity contribution in [2.24, 2.45) is 0 Å². The van der Waals surface area contributed by atoms with Gasteiger partial charge in [-0.2, -0.15) is 13.2 Å². The van der Waals surface area contributed by atoms with Crippen molar-refractivity contribution in [2.75, 3.05) is 5.73 Å². The first-order chi connectivity index (χ1) is 11.3. The van der Waals surface area contributed by atoms with E-state index in [-0.39, 0.29) is 27.7 Å². The summed E-state index contributed by atoms with van der Waals surface area (Å²) in [7, 11) is 6.02. The van der Waals surface area contributed by atoms with Crippen LogP contribution in [-0.4, -0.2) is 23.0 Å². The van der Waals surface area contributed by atoms with Crippen molar-refractivity contribution in [2.45, 2.75) is 24.9 Å². The Kier molecular flexibility index (Phi) is 3.31. The second-order valence-electron chi connectivity index (χ2n) is 5.78. The fourth-order valence-electron chi connectivity index (χ4n) is 2.69. The average Bonchev–Trinajstić information content (AvgIpc) is 3.27. The molecule has 0 atom stereocenters. The van der Waals surface area contributed by atoms with Gasteiger partial charge in [0.2, 0.25) is 5.13 Å². The number of nitrogens with two attached hydrogens (primary N) is 1. The van der Waals surface area contributed by atoms with Gasteiger partial charge in [0.1, 0.15) is 13.5 Å². The van der Waals surface area contributed by atoms with Gasteiger partial charge in [-0.3, -0.25) is 0 Å². The highest BCUT2D eigenvalue weighted by atomic mass is 32.1. The van der Waals surface area contributed by atoms with Crippen LogP contribution in [0.2, 0.25) is 0 Å². The molecule has 9 heteroatoms. The molecule has 2 aromatic heterocycles. The number of rotatable bonds is 2. The van der Waals surface area contributed by atoms with Gasteiger partial charge in [0.05, 0.1) is 11.1 Å². The smallest absolute Gasteiger partial charge is 0.374 e. The molecule has 1 fully saturated rings. The van der Waals surface area contributed by atoms with Crippen LogP contribution < -0.4 is 11.2 Å². The van der Waals surface area contributed by atoms with Gasteiger partial charge >= 0.3 is 6.18 Å². The Morgan fingerprint density at radius 1 is 1.17 bits per heavy atom. The topological polar surface area (TPSA) is 64.7 Å². The summed E-state index contributed by atoms with van der Waals surface area (Å²) in [6.07, 6.45) is -2.71. The minimum Gasteiger partial charge on any atom is -0.374 e. The molecule has 3 aromatic rings. The van der Waals surface area contributed by atoms with E-state index in [1.807, 2.05) is 0 Å². The Hall–Kier alpha value is -2.16. The molecule has 0 aliphatic heterocycles. The van der Waals surface area contributed by atoms with E-state index in [4.69, 9.17) is 13.6 Å². The van der Waals surface area contributed by atoms with E-state index in [1.165, 1.54) is 12.1 Å². The number of aromatic nitrogens is 3. The molecule has 0 saturated heterocycles. The first kappa shape index (κ1) is 15.4. The predicted octanol–water partition coefficient (Wildman–Crippen LogP) is 3.03. The summed E-state index contributed by atoms with van der Waals surface area (Å²) in [5.41, 5.74) is 5.72. The zero-order valence-electron chi connectivity index (χ0n) is 12.3. The molecular weight excluding hydrogens is 336 g/mol. The van der Waals surface area contributed by atoms with Gasteiger partial charge < -0.3 is 5.73 Å². The van der Waals surface area contributed by atoms with Gasteiger partial charge in [-0.15, -0.1) is 10.2 Å². The van der Waals surface area contributed by atoms with Gasteiger partial charge in [0, 0.05) is 0 Å². The van der Waals surface area contributed by atoms with E-state index in [0.29, 0.717) is 16.0 Å². The Bertz CT molecular complexity index is 950. The fraction of sp³-hybridized carbons (Fsp3) is 0.267. The molecule has 4 nitrogen and oxygen atoms in total. The van der Waals surface area contributed by atoms with Crippen LogP contribution in [0.5, 0.6) is 0 Å². The molecule has 24 heavy (non-hydrogen) atoms. The van der Waals surface area contributed by atoms with E-state index < -0.39 is 11.7 Å². The molecule has 2 N–H and O–H groups in total. The van der Waals surface area contributed by atoms with Crippen molar-refractivity contribution in [3.05, 3.63) is 29.3 Å². The number of halogens is 3. The highest BCUT2D eigenvalue weighted by molar-refractivity contribution is 7.18. The van der Waals surface area contributed by atoms with Crippen molar-refractivity contribution in [1.82, 2.24) is 15.2 Å². The van der Waals surface area contributed by atoms with E-state index in [9.17, 15) is 13.2 Å². The minimum atomic E-state index is -4.51. The molecular formula is C15H10BF3N4S. The number of hydrogen-bond donors (Lipinski definition) is 1. The van der Waals surface area contributed by atoms with Crippen LogP contribution in [-0.2, 0) is 6.18 Å². The molecule has 0 amide bonds. The molecule has 120 valence electrons. The van der Waals surface area contributed by atoms with Gasteiger partial charge in [0.15, 0.2) is 5.01 Å². The largest absolute Gasteiger partial charge is 0.418 e. The maximum Gasteiger partial charge on any atom is 0.418 e. The maximum atomic E-state index is 13.5. The normalized spacial score (nSPS) is 15.1. The summed E-state index contributed by atoms with van der Waals surface area (Å²) >= 11 is 1.05. The van der Waals surface area contributed by atoms with Crippen LogP contribution in [0, 0.1) is 0 Å². The monoisotopic (exact) mass is 346 g/mol. The quantitative estimate of drug-likeness (QED) is 0.725. The number of anilines is 1. The third-order valence-electron chi connectivity index (χ3n) is 3.98. The van der Waals surface area contributed by atoms with E-state index in [1.54, 1.807) is 6.07 Å². The molecule has 0 spiro atoms. The van der Waals surface area contributed by atoms with E-state index in [2.05, 4.69) is 15.2 Å². The lowest BCUT2D eigenvalue weighted by molar-refractivity contribution is -0.136. The minimum absolute atomic E-state index is 0.171. The van der Waals surface area contributed by atoms with Crippen LogP contribution in [0.25, 0.3) is 21.6 Å². The molecule has 2 radical (unpaired) electrons. The first-order valence-corrected chi connectivity index (χ1v) is 8.05. The highest BCUT2D eigenvalue weighted by Crippen LogP contribution is 2.44. The predicted molar refractivity (Wildman–Crippen MR) is 87.4 cm³/mol. The third-order valence-corrected chi connectivity index (χ3v) is 4.76. The molecule has 1 saturated carbocycles. The third kappa shape index (κ3) is 2.62. The van der Waals surface area contributed by atoms with Crippen LogP contribution in [0.4, 0.5) is 18.3 Å². The Morgan fingerprint density at radius 2 is 1.92 bits per heavy atom. The van der Waals surface area contributed by atoms with Crippen LogP contribution in [0.15, 0.2) is 18.2 Å². The average molecular weight is 346 g/mol. The van der Waals surface area contributed by atoms with Gasteiger partial charge in [0.25, 0.3) is 0 Å². The number of fused-ring (bicyclic) bond motifs is 1. The Balaban J connectivity index is 2.00. The molecule has 4 rings (SSSR count). The fourth-order valence-corrected chi connectivity index (χ4v) is 3.26. The summed E-state index contributed by atoms with van der Waals surface area (Å²) < 4.78 is 40.6. The lowest BCUT2D eigenvalue weighted by Gasteiger charge is -2.14. The molecule has 0 unspecified atom stereocenters. The van der Waals surface area contributed by atoms with Crippen LogP contribution in [0.1, 0.15) is 29.9 Å². The number of benzene rings is 1. The molecule has 2 heterocycles. The summed E-state index contributed by atoms with van der Waals surface area (Å²) in [4.78, 5) is 4.16. The zero-order chi connectivity index (χ0) is 17.1. The number of pyridine rings is 1. The van der Waals surface area contributed by atoms with Crippen LogP contribution in [0.3, 0.4) is 0 Å². The molecule has 1 aromatic carbocycles. The Morgan fingerprint density at radius 3 is 2.50 bits per heavy atom. The second-order valence-corrected chi connectivity index (χ2v) is 6.79. The van der Waals surface area contributed by atoms with E-state index in [0.717, 1.165) is 24.2 Å². The summed E-state index contributed by atoms with van der Waals surface area (Å²) in [5.74, 6) is 0.178. The SMILES string of the molecule is [B]c1cc(-c2nnc(N)s2)nc2c(C(F)(F)F)cc(C3CC3)cc12. The van der Waals surface area contributed by atoms with Gasteiger partial charge in [-0.05, 0) is 47.9 Å². The number of alkyl halides is 3. The van der Waals surface area contributed by atoms with Crippen molar-refractivity contribution in [3.8, 4) is 10.7 Å². The second kappa shape index (κ2) is 5.17. The zero-order valence-corrected chi connectivity index (χ0v) is 13.1. The van der Waals surface area contributed by atoms with Gasteiger partial charge in [-0.1, -0.05) is 16.8 Å². The molecule has 1 aliphatic carbocycles. The lowest BCUT2D eigenvalue weighted by Crippen LogP contribution is -2.13. The van der Waals surface area contributed by atoms with Crippen molar-refractivity contribution < 1.29 is 13.2 Å². The lowest BCUT2D eigenvalue weighted by atomic mass is 9.88. The van der Waals surface area contributed by atoms with E-state index >= 15 is 0 Å². The summed E-state index contributed by atoms with van der Waals surface area (Å²) in [6, 6.07) is 4.41. The first-order valence-electron chi connectivity index (χ1n) is 7.23. The number of nitrogens with zero attached hydrogens (tertiary/aromatic N) is 3. The Labute approximate surface area is 140 Å². The summed E-state index contributed by atoms with van der Waals surface area (Å²) in [6.45, 7) is 0.